The molecule has 1 atom stereocenters. The normalized spacial score (nSPS) is 19.7. The highest BCUT2D eigenvalue weighted by molar-refractivity contribution is 5.15. The summed E-state index contributed by atoms with van der Waals surface area (Å²) in [6.07, 6.45) is 3.83. The van der Waals surface area contributed by atoms with Crippen molar-refractivity contribution in [1.82, 2.24) is 5.16 Å². The zero-order chi connectivity index (χ0) is 10.1. The lowest BCUT2D eigenvalue weighted by Gasteiger charge is -2.22. The van der Waals surface area contributed by atoms with Gasteiger partial charge in [0.2, 0.25) is 0 Å². The first-order valence-corrected chi connectivity index (χ1v) is 5.40. The third-order valence-corrected chi connectivity index (χ3v) is 3.12. The van der Waals surface area contributed by atoms with E-state index in [4.69, 9.17) is 10.3 Å². The van der Waals surface area contributed by atoms with Crippen LogP contribution in [0.15, 0.2) is 10.6 Å². The zero-order valence-electron chi connectivity index (χ0n) is 8.86. The molecule has 1 unspecified atom stereocenters. The minimum atomic E-state index is -0.0173. The van der Waals surface area contributed by atoms with Gasteiger partial charge in [-0.1, -0.05) is 25.4 Å². The van der Waals surface area contributed by atoms with Crippen LogP contribution in [0.2, 0.25) is 0 Å². The number of nitrogens with zero attached hydrogens (tertiary/aromatic N) is 1. The summed E-state index contributed by atoms with van der Waals surface area (Å²) in [5, 5.41) is 4.09. The molecule has 1 saturated carbocycles. The van der Waals surface area contributed by atoms with Crippen LogP contribution in [0.25, 0.3) is 0 Å². The second-order valence-corrected chi connectivity index (χ2v) is 4.55. The molecule has 1 aromatic heterocycles. The van der Waals surface area contributed by atoms with E-state index in [1.54, 1.807) is 0 Å². The van der Waals surface area contributed by atoms with Gasteiger partial charge in [-0.3, -0.25) is 0 Å². The summed E-state index contributed by atoms with van der Waals surface area (Å²) in [6, 6.07) is 2.02. The van der Waals surface area contributed by atoms with E-state index in [1.165, 1.54) is 19.3 Å². The Kier molecular flexibility index (Phi) is 2.59. The highest BCUT2D eigenvalue weighted by Gasteiger charge is 2.24. The summed E-state index contributed by atoms with van der Waals surface area (Å²) >= 11 is 0. The summed E-state index contributed by atoms with van der Waals surface area (Å²) in [4.78, 5) is 0. The van der Waals surface area contributed by atoms with Crippen molar-refractivity contribution in [1.29, 1.82) is 0 Å². The quantitative estimate of drug-likeness (QED) is 0.804. The molecule has 3 heteroatoms. The molecule has 0 bridgehead atoms. The third kappa shape index (κ3) is 1.69. The number of aromatic nitrogens is 1. The molecule has 0 spiro atoms. The van der Waals surface area contributed by atoms with Gasteiger partial charge in [-0.2, -0.15) is 0 Å². The lowest BCUT2D eigenvalue weighted by atomic mass is 9.83. The van der Waals surface area contributed by atoms with E-state index in [0.717, 1.165) is 11.5 Å². The van der Waals surface area contributed by atoms with Crippen LogP contribution in [-0.2, 0) is 0 Å². The molecule has 1 heterocycles. The maximum Gasteiger partial charge on any atom is 0.153 e. The lowest BCUT2D eigenvalue weighted by molar-refractivity contribution is 0.317. The molecular weight excluding hydrogens is 176 g/mol. The van der Waals surface area contributed by atoms with Crippen LogP contribution in [-0.4, -0.2) is 5.16 Å². The van der Waals surface area contributed by atoms with Crippen molar-refractivity contribution in [3.63, 3.8) is 0 Å². The van der Waals surface area contributed by atoms with Crippen molar-refractivity contribution >= 4 is 0 Å². The van der Waals surface area contributed by atoms with Crippen LogP contribution in [0, 0.1) is 5.92 Å². The molecular formula is C11H18N2O. The van der Waals surface area contributed by atoms with E-state index in [9.17, 15) is 0 Å². The Morgan fingerprint density at radius 3 is 2.71 bits per heavy atom. The Hall–Kier alpha value is -0.830. The molecule has 3 nitrogen and oxygen atoms in total. The standard InChI is InChI=1S/C11H18N2O/c1-7(2)11(12)10-6-9(13-14-10)8-4-3-5-8/h6-8,11H,3-5,12H2,1-2H3. The molecule has 1 aromatic rings. The van der Waals surface area contributed by atoms with E-state index in [0.29, 0.717) is 11.8 Å². The first-order chi connectivity index (χ1) is 6.68. The van der Waals surface area contributed by atoms with Gasteiger partial charge in [0.05, 0.1) is 11.7 Å². The van der Waals surface area contributed by atoms with Gasteiger partial charge < -0.3 is 10.3 Å². The van der Waals surface area contributed by atoms with Gasteiger partial charge in [0, 0.05) is 12.0 Å². The van der Waals surface area contributed by atoms with Gasteiger partial charge in [0.25, 0.3) is 0 Å². The van der Waals surface area contributed by atoms with Gasteiger partial charge >= 0.3 is 0 Å². The monoisotopic (exact) mass is 194 g/mol. The fraction of sp³-hybridized carbons (Fsp3) is 0.727. The predicted octanol–water partition coefficient (Wildman–Crippen LogP) is 2.60. The molecule has 0 aromatic carbocycles. The number of nitrogens with two attached hydrogens (primary N) is 1. The Bertz CT molecular complexity index is 302. The highest BCUT2D eigenvalue weighted by atomic mass is 16.5. The second kappa shape index (κ2) is 3.73. The van der Waals surface area contributed by atoms with Crippen LogP contribution < -0.4 is 5.73 Å². The molecule has 14 heavy (non-hydrogen) atoms. The Morgan fingerprint density at radius 2 is 2.21 bits per heavy atom. The maximum absolute atomic E-state index is 5.98. The van der Waals surface area contributed by atoms with Gasteiger partial charge in [0.1, 0.15) is 0 Å². The second-order valence-electron chi connectivity index (χ2n) is 4.55. The zero-order valence-corrected chi connectivity index (χ0v) is 8.86. The van der Waals surface area contributed by atoms with Gasteiger partial charge in [0.15, 0.2) is 5.76 Å². The lowest BCUT2D eigenvalue weighted by Crippen LogP contribution is -2.15. The topological polar surface area (TPSA) is 52.0 Å². The Morgan fingerprint density at radius 1 is 1.50 bits per heavy atom. The summed E-state index contributed by atoms with van der Waals surface area (Å²) in [5.41, 5.74) is 7.08. The molecule has 2 rings (SSSR count). The van der Waals surface area contributed by atoms with Crippen molar-refractivity contribution in [3.05, 3.63) is 17.5 Å². The van der Waals surface area contributed by atoms with Gasteiger partial charge in [-0.05, 0) is 18.8 Å². The minimum Gasteiger partial charge on any atom is -0.359 e. The first kappa shape index (κ1) is 9.71. The third-order valence-electron chi connectivity index (χ3n) is 3.12. The van der Waals surface area contributed by atoms with E-state index in [2.05, 4.69) is 19.0 Å². The molecule has 0 saturated heterocycles. The maximum atomic E-state index is 5.98. The largest absolute Gasteiger partial charge is 0.359 e. The molecule has 2 N–H and O–H groups in total. The Labute approximate surface area is 84.7 Å². The summed E-state index contributed by atoms with van der Waals surface area (Å²) in [6.45, 7) is 4.19. The van der Waals surface area contributed by atoms with Gasteiger partial charge in [-0.25, -0.2) is 0 Å². The first-order valence-electron chi connectivity index (χ1n) is 5.40. The van der Waals surface area contributed by atoms with Crippen LogP contribution in [0.4, 0.5) is 0 Å². The molecule has 1 aliphatic rings. The number of hydrogen-bond acceptors (Lipinski definition) is 3. The van der Waals surface area contributed by atoms with Gasteiger partial charge in [-0.15, -0.1) is 0 Å². The molecule has 1 fully saturated rings. The molecule has 0 radical (unpaired) electrons. The van der Waals surface area contributed by atoms with E-state index >= 15 is 0 Å². The minimum absolute atomic E-state index is 0.0173. The highest BCUT2D eigenvalue weighted by Crippen LogP contribution is 2.36. The van der Waals surface area contributed by atoms with Crippen LogP contribution in [0.5, 0.6) is 0 Å². The summed E-state index contributed by atoms with van der Waals surface area (Å²) in [5.74, 6) is 1.87. The summed E-state index contributed by atoms with van der Waals surface area (Å²) < 4.78 is 5.27. The molecule has 78 valence electrons. The Balaban J connectivity index is 2.08. The van der Waals surface area contributed by atoms with Crippen LogP contribution in [0.1, 0.15) is 56.5 Å². The summed E-state index contributed by atoms with van der Waals surface area (Å²) in [7, 11) is 0. The van der Waals surface area contributed by atoms with Crippen molar-refractivity contribution in [2.75, 3.05) is 0 Å². The molecule has 0 aliphatic heterocycles. The van der Waals surface area contributed by atoms with E-state index in [-0.39, 0.29) is 6.04 Å². The molecule has 1 aliphatic carbocycles. The molecule has 0 amide bonds. The smallest absolute Gasteiger partial charge is 0.153 e. The van der Waals surface area contributed by atoms with E-state index < -0.39 is 0 Å². The van der Waals surface area contributed by atoms with Crippen molar-refractivity contribution in [3.8, 4) is 0 Å². The average molecular weight is 194 g/mol. The van der Waals surface area contributed by atoms with E-state index in [1.807, 2.05) is 6.07 Å². The van der Waals surface area contributed by atoms with Crippen molar-refractivity contribution in [2.45, 2.75) is 45.1 Å². The fourth-order valence-corrected chi connectivity index (χ4v) is 1.69. The fourth-order valence-electron chi connectivity index (χ4n) is 1.69. The van der Waals surface area contributed by atoms with Crippen molar-refractivity contribution < 1.29 is 4.52 Å². The number of rotatable bonds is 3. The average Bonchev–Trinajstić information content (AvgIpc) is 2.48. The van der Waals surface area contributed by atoms with Crippen molar-refractivity contribution in [2.24, 2.45) is 11.7 Å². The van der Waals surface area contributed by atoms with Crippen LogP contribution in [0.3, 0.4) is 0 Å². The SMILES string of the molecule is CC(C)C(N)c1cc(C2CCC2)no1. The van der Waals surface area contributed by atoms with Crippen LogP contribution >= 0.6 is 0 Å². The number of hydrogen-bond donors (Lipinski definition) is 1. The predicted molar refractivity (Wildman–Crippen MR) is 54.9 cm³/mol.